The van der Waals surface area contributed by atoms with Gasteiger partial charge >= 0.3 is 5.97 Å². The fraction of sp³-hybridized carbons (Fsp3) is 0.600. The van der Waals surface area contributed by atoms with Crippen LogP contribution in [0, 0.1) is 13.8 Å². The summed E-state index contributed by atoms with van der Waals surface area (Å²) in [4.78, 5) is 25.4. The van der Waals surface area contributed by atoms with Crippen LogP contribution < -0.4 is 4.74 Å². The predicted octanol–water partition coefficient (Wildman–Crippen LogP) is 3.19. The van der Waals surface area contributed by atoms with Gasteiger partial charge in [-0.2, -0.15) is 0 Å². The minimum Gasteiger partial charge on any atom is -0.481 e. The van der Waals surface area contributed by atoms with Crippen LogP contribution in [0.2, 0.25) is 0 Å². The molecule has 6 nitrogen and oxygen atoms in total. The average molecular weight is 363 g/mol. The van der Waals surface area contributed by atoms with Crippen molar-refractivity contribution >= 4 is 11.9 Å². The number of hydrogen-bond acceptors (Lipinski definition) is 4. The number of piperidine rings is 1. The van der Waals surface area contributed by atoms with Crippen molar-refractivity contribution in [2.75, 3.05) is 19.7 Å². The molecule has 1 aliphatic rings. The van der Waals surface area contributed by atoms with Crippen LogP contribution in [0.4, 0.5) is 0 Å². The van der Waals surface area contributed by atoms with E-state index in [1.165, 1.54) is 0 Å². The van der Waals surface area contributed by atoms with E-state index in [9.17, 15) is 9.59 Å². The first-order chi connectivity index (χ1) is 12.1. The van der Waals surface area contributed by atoms with Crippen molar-refractivity contribution in [3.63, 3.8) is 0 Å². The molecule has 0 atom stereocenters. The summed E-state index contributed by atoms with van der Waals surface area (Å²) >= 11 is 0. The highest BCUT2D eigenvalue weighted by molar-refractivity contribution is 5.95. The number of aryl methyl sites for hydroxylation is 2. The number of nitrogens with zero attached hydrogens (tertiary/aromatic N) is 1. The number of hydrogen-bond donors (Lipinski definition) is 1. The van der Waals surface area contributed by atoms with E-state index in [0.717, 1.165) is 24.0 Å². The van der Waals surface area contributed by atoms with Crippen molar-refractivity contribution in [2.45, 2.75) is 59.2 Å². The molecule has 1 aromatic rings. The lowest BCUT2D eigenvalue weighted by Gasteiger charge is -2.35. The maximum Gasteiger partial charge on any atom is 0.341 e. The molecule has 1 saturated heterocycles. The van der Waals surface area contributed by atoms with Gasteiger partial charge < -0.3 is 19.5 Å². The normalized spacial score (nSPS) is 15.8. The maximum absolute atomic E-state index is 12.8. The standard InChI is InChI=1S/C20H29NO5/c1-13-10-15(11-14(2)18(13)25-12-17(22)23)19(24)21-8-6-16(7-9-21)26-20(3,4)5/h10-11,16H,6-9,12H2,1-5H3,(H,22,23). The number of rotatable bonds is 5. The Morgan fingerprint density at radius 1 is 1.15 bits per heavy atom. The molecule has 0 radical (unpaired) electrons. The van der Waals surface area contributed by atoms with Crippen LogP contribution >= 0.6 is 0 Å². The summed E-state index contributed by atoms with van der Waals surface area (Å²) in [5.41, 5.74) is 1.97. The summed E-state index contributed by atoms with van der Waals surface area (Å²) in [7, 11) is 0. The lowest BCUT2D eigenvalue weighted by molar-refractivity contribution is -0.139. The Bertz CT molecular complexity index is 646. The van der Waals surface area contributed by atoms with Crippen LogP contribution in [0.25, 0.3) is 0 Å². The van der Waals surface area contributed by atoms with Crippen LogP contribution in [-0.2, 0) is 9.53 Å². The first-order valence-corrected chi connectivity index (χ1v) is 9.00. The second-order valence-corrected chi connectivity index (χ2v) is 7.84. The molecule has 1 fully saturated rings. The van der Waals surface area contributed by atoms with E-state index in [4.69, 9.17) is 14.6 Å². The molecule has 1 heterocycles. The summed E-state index contributed by atoms with van der Waals surface area (Å²) in [6.07, 6.45) is 1.86. The molecule has 1 N–H and O–H groups in total. The maximum atomic E-state index is 12.8. The molecular weight excluding hydrogens is 334 g/mol. The van der Waals surface area contributed by atoms with E-state index in [-0.39, 0.29) is 17.6 Å². The van der Waals surface area contributed by atoms with Crippen molar-refractivity contribution in [1.82, 2.24) is 4.90 Å². The number of ether oxygens (including phenoxy) is 2. The molecule has 0 saturated carbocycles. The highest BCUT2D eigenvalue weighted by Crippen LogP contribution is 2.27. The van der Waals surface area contributed by atoms with E-state index >= 15 is 0 Å². The number of carbonyl (C=O) groups excluding carboxylic acids is 1. The van der Waals surface area contributed by atoms with Gasteiger partial charge in [0.15, 0.2) is 6.61 Å². The molecule has 0 aromatic heterocycles. The number of carboxylic acid groups (broad SMARTS) is 1. The van der Waals surface area contributed by atoms with Crippen molar-refractivity contribution in [2.24, 2.45) is 0 Å². The van der Waals surface area contributed by atoms with E-state index in [0.29, 0.717) is 24.4 Å². The fourth-order valence-electron chi connectivity index (χ4n) is 3.29. The van der Waals surface area contributed by atoms with Gasteiger partial charge in [-0.1, -0.05) is 0 Å². The second-order valence-electron chi connectivity index (χ2n) is 7.84. The van der Waals surface area contributed by atoms with Crippen molar-refractivity contribution in [1.29, 1.82) is 0 Å². The van der Waals surface area contributed by atoms with Crippen LogP contribution in [-0.4, -0.2) is 53.3 Å². The Morgan fingerprint density at radius 3 is 2.15 bits per heavy atom. The smallest absolute Gasteiger partial charge is 0.341 e. The van der Waals surface area contributed by atoms with E-state index in [1.807, 2.05) is 39.5 Å². The predicted molar refractivity (Wildman–Crippen MR) is 98.8 cm³/mol. The summed E-state index contributed by atoms with van der Waals surface area (Å²) in [5, 5.41) is 8.77. The Morgan fingerprint density at radius 2 is 1.69 bits per heavy atom. The minimum absolute atomic E-state index is 0.00445. The number of benzene rings is 1. The first-order valence-electron chi connectivity index (χ1n) is 9.00. The lowest BCUT2D eigenvalue weighted by atomic mass is 10.0. The summed E-state index contributed by atoms with van der Waals surface area (Å²) in [6, 6.07) is 3.54. The fourth-order valence-corrected chi connectivity index (χ4v) is 3.29. The van der Waals surface area contributed by atoms with Crippen molar-refractivity contribution in [3.05, 3.63) is 28.8 Å². The van der Waals surface area contributed by atoms with Gasteiger partial charge in [-0.25, -0.2) is 4.79 Å². The van der Waals surface area contributed by atoms with E-state index in [1.54, 1.807) is 12.1 Å². The third-order valence-corrected chi connectivity index (χ3v) is 4.30. The summed E-state index contributed by atoms with van der Waals surface area (Å²) in [5.74, 6) is -0.499. The zero-order chi connectivity index (χ0) is 19.5. The third kappa shape index (κ3) is 5.46. The van der Waals surface area contributed by atoms with Crippen LogP contribution in [0.1, 0.15) is 55.1 Å². The van der Waals surface area contributed by atoms with Gasteiger partial charge in [-0.15, -0.1) is 0 Å². The Kier molecular flexibility index (Phi) is 6.29. The van der Waals surface area contributed by atoms with Gasteiger partial charge in [0.25, 0.3) is 5.91 Å². The van der Waals surface area contributed by atoms with Gasteiger partial charge in [0.2, 0.25) is 0 Å². The van der Waals surface area contributed by atoms with Gasteiger partial charge in [0.05, 0.1) is 11.7 Å². The molecule has 0 bridgehead atoms. The van der Waals surface area contributed by atoms with Crippen LogP contribution in [0.3, 0.4) is 0 Å². The van der Waals surface area contributed by atoms with E-state index in [2.05, 4.69) is 0 Å². The molecule has 1 aromatic carbocycles. The highest BCUT2D eigenvalue weighted by Gasteiger charge is 2.27. The highest BCUT2D eigenvalue weighted by atomic mass is 16.5. The molecule has 0 aliphatic carbocycles. The topological polar surface area (TPSA) is 76.1 Å². The number of likely N-dealkylation sites (tertiary alicyclic amines) is 1. The molecule has 0 spiro atoms. The summed E-state index contributed by atoms with van der Waals surface area (Å²) in [6.45, 7) is 10.7. The SMILES string of the molecule is Cc1cc(C(=O)N2CCC(OC(C)(C)C)CC2)cc(C)c1OCC(=O)O. The monoisotopic (exact) mass is 363 g/mol. The Balaban J connectivity index is 2.03. The number of aliphatic carboxylic acids is 1. The van der Waals surface area contributed by atoms with Crippen molar-refractivity contribution < 1.29 is 24.2 Å². The lowest BCUT2D eigenvalue weighted by Crippen LogP contribution is -2.42. The second kappa shape index (κ2) is 8.08. The molecule has 2 rings (SSSR count). The third-order valence-electron chi connectivity index (χ3n) is 4.30. The molecule has 1 amide bonds. The van der Waals surface area contributed by atoms with Crippen LogP contribution in [0.15, 0.2) is 12.1 Å². The number of carbonyl (C=O) groups is 2. The quantitative estimate of drug-likeness (QED) is 0.869. The molecule has 6 heteroatoms. The zero-order valence-electron chi connectivity index (χ0n) is 16.3. The van der Waals surface area contributed by atoms with Gasteiger partial charge in [-0.05, 0) is 70.7 Å². The average Bonchev–Trinajstić information content (AvgIpc) is 2.52. The van der Waals surface area contributed by atoms with Crippen molar-refractivity contribution in [3.8, 4) is 5.75 Å². The van der Waals surface area contributed by atoms with Gasteiger partial charge in [-0.3, -0.25) is 4.79 Å². The molecule has 0 unspecified atom stereocenters. The molecular formula is C20H29NO5. The number of carboxylic acids is 1. The summed E-state index contributed by atoms with van der Waals surface area (Å²) < 4.78 is 11.3. The van der Waals surface area contributed by atoms with Gasteiger partial charge in [0, 0.05) is 18.7 Å². The Labute approximate surface area is 155 Å². The zero-order valence-corrected chi connectivity index (χ0v) is 16.3. The minimum atomic E-state index is -1.02. The molecule has 144 valence electrons. The molecule has 1 aliphatic heterocycles. The first kappa shape index (κ1) is 20.2. The largest absolute Gasteiger partial charge is 0.481 e. The number of amides is 1. The van der Waals surface area contributed by atoms with E-state index < -0.39 is 12.6 Å². The molecule has 26 heavy (non-hydrogen) atoms. The Hall–Kier alpha value is -2.08. The van der Waals surface area contributed by atoms with Gasteiger partial charge in [0.1, 0.15) is 5.75 Å². The van der Waals surface area contributed by atoms with Crippen LogP contribution in [0.5, 0.6) is 5.75 Å².